The quantitative estimate of drug-likeness (QED) is 0.314. The maximum Gasteiger partial charge on any atom is 0.416 e. The number of rotatable bonds is 4. The van der Waals surface area contributed by atoms with Crippen molar-refractivity contribution in [2.24, 2.45) is 5.73 Å². The van der Waals surface area contributed by atoms with Crippen molar-refractivity contribution in [2.45, 2.75) is 19.6 Å². The SMILES string of the molecule is CCN1CCN(Cc2ccc(-c3ncc(C#Cc4cnc5cccnn45)s3)cc2C(F)(F)F)CC1.NC=O. The zero-order valence-electron chi connectivity index (χ0n) is 20.6. The number of benzene rings is 1. The lowest BCUT2D eigenvalue weighted by Crippen LogP contribution is -2.45. The van der Waals surface area contributed by atoms with Crippen LogP contribution in [0.5, 0.6) is 0 Å². The molecule has 12 heteroatoms. The third-order valence-corrected chi connectivity index (χ3v) is 7.03. The van der Waals surface area contributed by atoms with Gasteiger partial charge >= 0.3 is 6.18 Å². The monoisotopic (exact) mass is 541 g/mol. The Labute approximate surface area is 221 Å². The van der Waals surface area contributed by atoms with Crippen LogP contribution in [-0.2, 0) is 17.5 Å². The molecule has 1 fully saturated rings. The zero-order valence-corrected chi connectivity index (χ0v) is 21.5. The number of piperazine rings is 1. The fraction of sp³-hybridized carbons (Fsp3) is 0.308. The summed E-state index contributed by atoms with van der Waals surface area (Å²) in [5.41, 5.74) is 5.61. The molecular weight excluding hydrogens is 515 g/mol. The minimum Gasteiger partial charge on any atom is -0.372 e. The topological polar surface area (TPSA) is 92.7 Å². The molecule has 3 aromatic heterocycles. The molecule has 0 unspecified atom stereocenters. The molecule has 2 N–H and O–H groups in total. The molecular formula is C26H26F3N7OS. The highest BCUT2D eigenvalue weighted by Crippen LogP contribution is 2.36. The lowest BCUT2D eigenvalue weighted by molar-refractivity contribution is -0.138. The van der Waals surface area contributed by atoms with Gasteiger partial charge in [-0.2, -0.15) is 18.3 Å². The number of primary amides is 1. The van der Waals surface area contributed by atoms with Crippen LogP contribution in [0.15, 0.2) is 48.9 Å². The molecule has 198 valence electrons. The first-order chi connectivity index (χ1) is 18.3. The summed E-state index contributed by atoms with van der Waals surface area (Å²) in [6, 6.07) is 8.14. The third kappa shape index (κ3) is 6.55. The number of imidazole rings is 1. The molecule has 1 amide bonds. The number of carbonyl (C=O) groups is 1. The van der Waals surface area contributed by atoms with Crippen LogP contribution >= 0.6 is 11.3 Å². The van der Waals surface area contributed by atoms with Gasteiger partial charge in [-0.25, -0.2) is 14.5 Å². The fourth-order valence-electron chi connectivity index (χ4n) is 4.12. The molecule has 0 spiro atoms. The Kier molecular flexibility index (Phi) is 8.73. The Morgan fingerprint density at radius 3 is 2.53 bits per heavy atom. The highest BCUT2D eigenvalue weighted by molar-refractivity contribution is 7.15. The van der Waals surface area contributed by atoms with Gasteiger partial charge in [0.05, 0.1) is 22.8 Å². The predicted molar refractivity (Wildman–Crippen MR) is 139 cm³/mol. The first-order valence-corrected chi connectivity index (χ1v) is 12.7. The van der Waals surface area contributed by atoms with Gasteiger partial charge in [0, 0.05) is 44.5 Å². The summed E-state index contributed by atoms with van der Waals surface area (Å²) >= 11 is 1.26. The number of thiazole rings is 1. The number of carbonyl (C=O) groups excluding carboxylic acids is 1. The first kappa shape index (κ1) is 27.3. The molecule has 4 aromatic rings. The minimum absolute atomic E-state index is 0.250. The van der Waals surface area contributed by atoms with Crippen LogP contribution in [0.1, 0.15) is 28.6 Å². The highest BCUT2D eigenvalue weighted by atomic mass is 32.1. The zero-order chi connectivity index (χ0) is 27.1. The fourth-order valence-corrected chi connectivity index (χ4v) is 4.89. The van der Waals surface area contributed by atoms with E-state index in [4.69, 9.17) is 4.79 Å². The molecule has 0 saturated carbocycles. The first-order valence-electron chi connectivity index (χ1n) is 11.9. The van der Waals surface area contributed by atoms with E-state index in [1.54, 1.807) is 41.3 Å². The van der Waals surface area contributed by atoms with Gasteiger partial charge in [0.15, 0.2) is 5.65 Å². The molecule has 1 aromatic carbocycles. The molecule has 0 radical (unpaired) electrons. The van der Waals surface area contributed by atoms with E-state index in [1.165, 1.54) is 17.4 Å². The van der Waals surface area contributed by atoms with Crippen molar-refractivity contribution < 1.29 is 18.0 Å². The van der Waals surface area contributed by atoms with Crippen LogP contribution in [0.25, 0.3) is 16.2 Å². The average Bonchev–Trinajstić information content (AvgIpc) is 3.55. The molecule has 8 nitrogen and oxygen atoms in total. The third-order valence-electron chi connectivity index (χ3n) is 6.07. The molecule has 0 atom stereocenters. The second kappa shape index (κ2) is 12.2. The van der Waals surface area contributed by atoms with E-state index >= 15 is 0 Å². The number of fused-ring (bicyclic) bond motifs is 1. The molecule has 1 aliphatic rings. The summed E-state index contributed by atoms with van der Waals surface area (Å²) in [6.45, 7) is 6.64. The average molecular weight is 542 g/mol. The Morgan fingerprint density at radius 2 is 1.82 bits per heavy atom. The van der Waals surface area contributed by atoms with Gasteiger partial charge in [-0.05, 0) is 42.1 Å². The van der Waals surface area contributed by atoms with Crippen LogP contribution in [-0.4, -0.2) is 68.5 Å². The van der Waals surface area contributed by atoms with Crippen LogP contribution in [0.2, 0.25) is 0 Å². The van der Waals surface area contributed by atoms with Gasteiger partial charge in [-0.15, -0.1) is 11.3 Å². The van der Waals surface area contributed by atoms with Crippen LogP contribution < -0.4 is 5.73 Å². The Bertz CT molecular complexity index is 1450. The van der Waals surface area contributed by atoms with Gasteiger partial charge in [-0.1, -0.05) is 19.1 Å². The van der Waals surface area contributed by atoms with E-state index in [2.05, 4.69) is 49.4 Å². The van der Waals surface area contributed by atoms with Crippen molar-refractivity contribution in [1.82, 2.24) is 29.4 Å². The van der Waals surface area contributed by atoms with Crippen molar-refractivity contribution in [3.05, 3.63) is 70.6 Å². The Balaban J connectivity index is 0.00000107. The lowest BCUT2D eigenvalue weighted by Gasteiger charge is -2.34. The van der Waals surface area contributed by atoms with Gasteiger partial charge in [-0.3, -0.25) is 9.69 Å². The van der Waals surface area contributed by atoms with Crippen molar-refractivity contribution in [1.29, 1.82) is 0 Å². The van der Waals surface area contributed by atoms with Crippen molar-refractivity contribution >= 4 is 23.4 Å². The molecule has 0 bridgehead atoms. The summed E-state index contributed by atoms with van der Waals surface area (Å²) < 4.78 is 43.5. The summed E-state index contributed by atoms with van der Waals surface area (Å²) in [4.78, 5) is 22.2. The van der Waals surface area contributed by atoms with Crippen molar-refractivity contribution in [3.63, 3.8) is 0 Å². The van der Waals surface area contributed by atoms with E-state index < -0.39 is 11.7 Å². The molecule has 1 aliphatic heterocycles. The molecule has 1 saturated heterocycles. The highest BCUT2D eigenvalue weighted by Gasteiger charge is 2.34. The number of amides is 1. The van der Waals surface area contributed by atoms with Gasteiger partial charge < -0.3 is 10.6 Å². The Hall–Kier alpha value is -3.79. The summed E-state index contributed by atoms with van der Waals surface area (Å²) in [5, 5.41) is 4.72. The summed E-state index contributed by atoms with van der Waals surface area (Å²) in [7, 11) is 0. The predicted octanol–water partition coefficient (Wildman–Crippen LogP) is 3.51. The minimum atomic E-state index is -4.44. The number of nitrogens with zero attached hydrogens (tertiary/aromatic N) is 6. The second-order valence-electron chi connectivity index (χ2n) is 8.43. The molecule has 5 rings (SSSR count). The second-order valence-corrected chi connectivity index (χ2v) is 9.46. The van der Waals surface area contributed by atoms with Crippen LogP contribution in [0.3, 0.4) is 0 Å². The van der Waals surface area contributed by atoms with Crippen molar-refractivity contribution in [3.8, 4) is 22.4 Å². The van der Waals surface area contributed by atoms with E-state index in [1.807, 2.05) is 6.07 Å². The number of hydrogen-bond donors (Lipinski definition) is 1. The van der Waals surface area contributed by atoms with Gasteiger partial charge in [0.1, 0.15) is 10.7 Å². The maximum absolute atomic E-state index is 13.9. The molecule has 4 heterocycles. The standard InChI is InChI=1S/C25H23F3N6S.CH3NO/c1-2-32-10-12-33(13-11-32)17-19-6-5-18(14-22(19)25(26,27)28)24-30-16-21(35-24)8-7-20-15-29-23-4-3-9-31-34(20)23;2-1-3/h3-6,9,14-16H,2,10-13,17H2,1H3;1H,(H2,2,3). The van der Waals surface area contributed by atoms with E-state index in [0.29, 0.717) is 32.4 Å². The van der Waals surface area contributed by atoms with Gasteiger partial charge in [0.2, 0.25) is 6.41 Å². The van der Waals surface area contributed by atoms with Crippen molar-refractivity contribution in [2.75, 3.05) is 32.7 Å². The number of aromatic nitrogens is 4. The smallest absolute Gasteiger partial charge is 0.372 e. The van der Waals surface area contributed by atoms with E-state index in [0.717, 1.165) is 32.7 Å². The maximum atomic E-state index is 13.9. The number of halogens is 3. The number of nitrogens with two attached hydrogens (primary N) is 1. The normalized spacial score (nSPS) is 14.4. The lowest BCUT2D eigenvalue weighted by atomic mass is 10.0. The van der Waals surface area contributed by atoms with Crippen LogP contribution in [0.4, 0.5) is 13.2 Å². The molecule has 0 aliphatic carbocycles. The largest absolute Gasteiger partial charge is 0.416 e. The summed E-state index contributed by atoms with van der Waals surface area (Å²) in [6.07, 6.45) is 0.677. The molecule has 38 heavy (non-hydrogen) atoms. The van der Waals surface area contributed by atoms with E-state index in [-0.39, 0.29) is 13.0 Å². The van der Waals surface area contributed by atoms with Crippen LogP contribution in [0, 0.1) is 11.8 Å². The number of likely N-dealkylation sites (N-methyl/N-ethyl adjacent to an activating group) is 1. The number of alkyl halides is 3. The van der Waals surface area contributed by atoms with Gasteiger partial charge in [0.25, 0.3) is 0 Å². The number of hydrogen-bond acceptors (Lipinski definition) is 7. The summed E-state index contributed by atoms with van der Waals surface area (Å²) in [5.74, 6) is 6.04. The Morgan fingerprint density at radius 1 is 1.08 bits per heavy atom. The van der Waals surface area contributed by atoms with E-state index in [9.17, 15) is 13.2 Å².